The maximum atomic E-state index is 5.56. The number of quaternary nitrogens is 1. The van der Waals surface area contributed by atoms with Crippen LogP contribution in [-0.2, 0) is 0 Å². The smallest absolute Gasteiger partial charge is 0.328 e. The normalized spacial score (nSPS) is 11.6. The summed E-state index contributed by atoms with van der Waals surface area (Å²) in [6.07, 6.45) is 3.35. The molecule has 0 radical (unpaired) electrons. The number of nitrogen functional groups attached to an aromatic ring is 1. The molecule has 0 aliphatic rings. The molecule has 0 saturated carbocycles. The number of anilines is 1. The second-order valence-electron chi connectivity index (χ2n) is 3.41. The largest absolute Gasteiger partial charge is 0.396 e. The Labute approximate surface area is 85.4 Å². The van der Waals surface area contributed by atoms with Gasteiger partial charge in [-0.15, -0.1) is 0 Å². The lowest BCUT2D eigenvalue weighted by molar-refractivity contribution is 0.299. The first-order chi connectivity index (χ1) is 6.68. The number of aromatic nitrogens is 2. The number of hydrogen-bond acceptors (Lipinski definition) is 3. The van der Waals surface area contributed by atoms with Crippen LogP contribution in [0.1, 0.15) is 20.8 Å². The van der Waals surface area contributed by atoms with Gasteiger partial charge in [0, 0.05) is 0 Å². The summed E-state index contributed by atoms with van der Waals surface area (Å²) in [6.45, 7) is 9.51. The zero-order valence-electron chi connectivity index (χ0n) is 9.20. The first-order valence-electron chi connectivity index (χ1n) is 5.12. The average molecular weight is 195 g/mol. The van der Waals surface area contributed by atoms with Crippen LogP contribution in [0.5, 0.6) is 0 Å². The van der Waals surface area contributed by atoms with Crippen LogP contribution in [0.25, 0.3) is 0 Å². The summed E-state index contributed by atoms with van der Waals surface area (Å²) in [5.74, 6) is 0.867. The van der Waals surface area contributed by atoms with Crippen molar-refractivity contribution in [1.29, 1.82) is 0 Å². The zero-order chi connectivity index (χ0) is 10.6. The van der Waals surface area contributed by atoms with E-state index >= 15 is 0 Å². The maximum absolute atomic E-state index is 5.56. The predicted octanol–water partition coefficient (Wildman–Crippen LogP) is 1.43. The summed E-state index contributed by atoms with van der Waals surface area (Å²) in [5.41, 5.74) is 6.18. The molecule has 0 unspecified atom stereocenters. The van der Waals surface area contributed by atoms with Gasteiger partial charge < -0.3 is 5.73 Å². The van der Waals surface area contributed by atoms with E-state index in [2.05, 4.69) is 30.7 Å². The van der Waals surface area contributed by atoms with Crippen LogP contribution < -0.4 is 10.2 Å². The van der Waals surface area contributed by atoms with Gasteiger partial charge in [0.25, 0.3) is 0 Å². The van der Waals surface area contributed by atoms with Crippen LogP contribution >= 0.6 is 0 Å². The fourth-order valence-electron chi connectivity index (χ4n) is 1.67. The molecule has 0 aliphatic carbocycles. The van der Waals surface area contributed by atoms with Gasteiger partial charge in [-0.2, -0.15) is 9.97 Å². The van der Waals surface area contributed by atoms with Gasteiger partial charge in [-0.25, -0.2) is 0 Å². The van der Waals surface area contributed by atoms with Gasteiger partial charge in [0.1, 0.15) is 0 Å². The zero-order valence-corrected chi connectivity index (χ0v) is 9.20. The van der Waals surface area contributed by atoms with Crippen molar-refractivity contribution in [3.63, 3.8) is 0 Å². The summed E-state index contributed by atoms with van der Waals surface area (Å²) in [7, 11) is 0. The third-order valence-corrected chi connectivity index (χ3v) is 2.90. The van der Waals surface area contributed by atoms with Crippen LogP contribution in [0.15, 0.2) is 12.4 Å². The van der Waals surface area contributed by atoms with E-state index in [4.69, 9.17) is 5.73 Å². The summed E-state index contributed by atoms with van der Waals surface area (Å²) in [5, 5.41) is 0. The molecule has 0 fully saturated rings. The van der Waals surface area contributed by atoms with Gasteiger partial charge >= 0.3 is 5.95 Å². The second kappa shape index (κ2) is 4.37. The van der Waals surface area contributed by atoms with Gasteiger partial charge in [0.2, 0.25) is 0 Å². The highest BCUT2D eigenvalue weighted by molar-refractivity contribution is 5.35. The van der Waals surface area contributed by atoms with Crippen LogP contribution in [-0.4, -0.2) is 29.6 Å². The molecule has 4 nitrogen and oxygen atoms in total. The van der Waals surface area contributed by atoms with E-state index in [0.717, 1.165) is 30.1 Å². The summed E-state index contributed by atoms with van der Waals surface area (Å²) in [4.78, 5) is 8.60. The number of hydrogen-bond donors (Lipinski definition) is 1. The maximum Gasteiger partial charge on any atom is 0.328 e. The number of nitrogens with zero attached hydrogens (tertiary/aromatic N) is 3. The van der Waals surface area contributed by atoms with E-state index < -0.39 is 0 Å². The van der Waals surface area contributed by atoms with Crippen molar-refractivity contribution >= 4 is 11.6 Å². The third kappa shape index (κ3) is 1.85. The van der Waals surface area contributed by atoms with Crippen LogP contribution in [0, 0.1) is 0 Å². The fourth-order valence-corrected chi connectivity index (χ4v) is 1.67. The summed E-state index contributed by atoms with van der Waals surface area (Å²) >= 11 is 0. The average Bonchev–Trinajstić information content (AvgIpc) is 2.24. The Kier molecular flexibility index (Phi) is 3.41. The van der Waals surface area contributed by atoms with Crippen molar-refractivity contribution in [2.45, 2.75) is 20.8 Å². The minimum atomic E-state index is 0.621. The van der Waals surface area contributed by atoms with Crippen molar-refractivity contribution in [2.75, 3.05) is 25.4 Å². The first-order valence-corrected chi connectivity index (χ1v) is 5.12. The lowest BCUT2D eigenvalue weighted by Crippen LogP contribution is -2.49. The van der Waals surface area contributed by atoms with E-state index in [1.807, 2.05) is 0 Å². The number of nitrogens with two attached hydrogens (primary N) is 1. The molecule has 1 aromatic heterocycles. The van der Waals surface area contributed by atoms with Gasteiger partial charge in [-0.05, 0) is 20.8 Å². The van der Waals surface area contributed by atoms with Crippen LogP contribution in [0.4, 0.5) is 11.6 Å². The molecule has 78 valence electrons. The molecule has 2 N–H and O–H groups in total. The Morgan fingerprint density at radius 2 is 1.50 bits per heavy atom. The molecule has 0 aliphatic heterocycles. The van der Waals surface area contributed by atoms with Crippen LogP contribution in [0.2, 0.25) is 0 Å². The molecular weight excluding hydrogens is 176 g/mol. The molecule has 1 heterocycles. The van der Waals surface area contributed by atoms with Gasteiger partial charge in [0.05, 0.1) is 37.7 Å². The molecule has 0 atom stereocenters. The summed E-state index contributed by atoms with van der Waals surface area (Å²) < 4.78 is 0.820. The van der Waals surface area contributed by atoms with E-state index in [0.29, 0.717) is 5.69 Å². The van der Waals surface area contributed by atoms with Crippen molar-refractivity contribution in [1.82, 2.24) is 14.5 Å². The predicted molar refractivity (Wildman–Crippen MR) is 59.9 cm³/mol. The van der Waals surface area contributed by atoms with Crippen LogP contribution in [0.3, 0.4) is 0 Å². The summed E-state index contributed by atoms with van der Waals surface area (Å²) in [6, 6.07) is 0. The SMILES string of the molecule is CC[N+](CC)(CC)c1ncc(N)cn1. The molecule has 1 aromatic rings. The molecular formula is C10H19N4+. The quantitative estimate of drug-likeness (QED) is 0.739. The molecule has 4 heteroatoms. The standard InChI is InChI=1S/C10H19N4/c1-4-14(5-2,6-3)10-12-7-9(11)8-13-10/h7-8H,4-6,11H2,1-3H3/q+1. The molecule has 0 saturated heterocycles. The Balaban J connectivity index is 3.05. The first kappa shape index (κ1) is 10.9. The monoisotopic (exact) mass is 195 g/mol. The van der Waals surface area contributed by atoms with Crippen molar-refractivity contribution in [3.05, 3.63) is 12.4 Å². The molecule has 1 rings (SSSR count). The van der Waals surface area contributed by atoms with Crippen molar-refractivity contribution in [3.8, 4) is 0 Å². The van der Waals surface area contributed by atoms with E-state index in [1.165, 1.54) is 0 Å². The minimum absolute atomic E-state index is 0.621. The van der Waals surface area contributed by atoms with Gasteiger partial charge in [0.15, 0.2) is 0 Å². The highest BCUT2D eigenvalue weighted by Crippen LogP contribution is 2.17. The lowest BCUT2D eigenvalue weighted by Gasteiger charge is -2.32. The van der Waals surface area contributed by atoms with Crippen molar-refractivity contribution in [2.24, 2.45) is 0 Å². The molecule has 0 bridgehead atoms. The minimum Gasteiger partial charge on any atom is -0.396 e. The molecule has 0 spiro atoms. The number of rotatable bonds is 4. The highest BCUT2D eigenvalue weighted by Gasteiger charge is 2.27. The van der Waals surface area contributed by atoms with E-state index in [1.54, 1.807) is 12.4 Å². The Bertz CT molecular complexity index is 268. The van der Waals surface area contributed by atoms with E-state index in [-0.39, 0.29) is 0 Å². The van der Waals surface area contributed by atoms with Gasteiger partial charge in [-0.3, -0.25) is 4.48 Å². The lowest BCUT2D eigenvalue weighted by atomic mass is 10.3. The van der Waals surface area contributed by atoms with E-state index in [9.17, 15) is 0 Å². The Morgan fingerprint density at radius 3 is 1.86 bits per heavy atom. The fraction of sp³-hybridized carbons (Fsp3) is 0.600. The molecule has 0 aromatic carbocycles. The van der Waals surface area contributed by atoms with Gasteiger partial charge in [-0.1, -0.05) is 0 Å². The van der Waals surface area contributed by atoms with Crippen molar-refractivity contribution < 1.29 is 0 Å². The molecule has 14 heavy (non-hydrogen) atoms. The Hall–Kier alpha value is -1.16. The topological polar surface area (TPSA) is 51.8 Å². The third-order valence-electron chi connectivity index (χ3n) is 2.90. The Morgan fingerprint density at radius 1 is 1.07 bits per heavy atom. The highest BCUT2D eigenvalue weighted by atomic mass is 15.4. The second-order valence-corrected chi connectivity index (χ2v) is 3.41. The molecule has 0 amide bonds.